The van der Waals surface area contributed by atoms with Crippen LogP contribution in [0.3, 0.4) is 0 Å². The van der Waals surface area contributed by atoms with E-state index in [0.717, 1.165) is 52.6 Å². The van der Waals surface area contributed by atoms with E-state index in [0.29, 0.717) is 17.9 Å². The molecule has 2 saturated heterocycles. The second-order valence-corrected chi connectivity index (χ2v) is 13.9. The molecule has 0 spiro atoms. The Hall–Kier alpha value is -4.30. The van der Waals surface area contributed by atoms with Crippen molar-refractivity contribution in [1.29, 1.82) is 0 Å². The van der Waals surface area contributed by atoms with E-state index in [9.17, 15) is 30.0 Å². The van der Waals surface area contributed by atoms with Crippen molar-refractivity contribution in [3.8, 4) is 0 Å². The topological polar surface area (TPSA) is 242 Å². The largest absolute Gasteiger partial charge is 0.394 e. The molecular weight excluding hydrogens is 716 g/mol. The summed E-state index contributed by atoms with van der Waals surface area (Å²) in [7, 11) is 2.57. The first-order chi connectivity index (χ1) is 26.5. The Morgan fingerprint density at radius 2 is 1.71 bits per heavy atom. The first-order valence-corrected chi connectivity index (χ1v) is 18.3. The summed E-state index contributed by atoms with van der Waals surface area (Å²) in [6, 6.07) is 14.4. The van der Waals surface area contributed by atoms with Crippen LogP contribution < -0.4 is 16.4 Å². The number of imidazole rings is 1. The number of aryl methyl sites for hydroxylation is 1. The number of unbranched alkanes of at least 4 members (excludes halogenated alkanes) is 1. The molecule has 17 nitrogen and oxygen atoms in total. The van der Waals surface area contributed by atoms with E-state index < -0.39 is 79.8 Å². The summed E-state index contributed by atoms with van der Waals surface area (Å²) in [5, 5.41) is 49.3. The van der Waals surface area contributed by atoms with Gasteiger partial charge in [0, 0.05) is 46.0 Å². The maximum absolute atomic E-state index is 13.7. The molecule has 0 saturated carbocycles. The number of para-hydroxylation sites is 1. The molecule has 4 aromatic rings. The minimum absolute atomic E-state index is 0.0806. The van der Waals surface area contributed by atoms with Gasteiger partial charge in [-0.05, 0) is 23.6 Å². The number of hydrogen-bond donors (Lipinski definition) is 7. The Morgan fingerprint density at radius 1 is 0.945 bits per heavy atom. The number of rotatable bonds is 14. The molecule has 6 rings (SSSR count). The third kappa shape index (κ3) is 8.45. The quantitative estimate of drug-likeness (QED) is 0.0911. The second-order valence-electron chi connectivity index (χ2n) is 13.9. The van der Waals surface area contributed by atoms with Crippen LogP contribution in [0.25, 0.3) is 21.9 Å². The number of fused-ring (bicyclic) bond motifs is 3. The summed E-state index contributed by atoms with van der Waals surface area (Å²) >= 11 is 0. The van der Waals surface area contributed by atoms with E-state index in [1.165, 1.54) is 21.1 Å². The Bertz CT molecular complexity index is 1960. The van der Waals surface area contributed by atoms with Crippen LogP contribution in [-0.4, -0.2) is 129 Å². The highest BCUT2D eigenvalue weighted by atomic mass is 16.7. The van der Waals surface area contributed by atoms with Crippen molar-refractivity contribution >= 4 is 39.6 Å². The number of carbonyl (C=O) groups is 2. The summed E-state index contributed by atoms with van der Waals surface area (Å²) < 4.78 is 30.4. The summed E-state index contributed by atoms with van der Waals surface area (Å²) in [4.78, 5) is 35.3. The first kappa shape index (κ1) is 40.4. The zero-order valence-electron chi connectivity index (χ0n) is 31.2. The fourth-order valence-electron chi connectivity index (χ4n) is 7.31. The average Bonchev–Trinajstić information content (AvgIpc) is 3.54. The van der Waals surface area contributed by atoms with Gasteiger partial charge in [-0.1, -0.05) is 55.8 Å². The number of benzene rings is 2. The zero-order valence-corrected chi connectivity index (χ0v) is 31.2. The number of anilines is 1. The molecule has 17 heteroatoms. The van der Waals surface area contributed by atoms with E-state index in [1.54, 1.807) is 0 Å². The van der Waals surface area contributed by atoms with Crippen LogP contribution >= 0.6 is 0 Å². The van der Waals surface area contributed by atoms with Crippen LogP contribution in [0.4, 0.5) is 5.82 Å². The van der Waals surface area contributed by atoms with Gasteiger partial charge in [0.05, 0.1) is 17.6 Å². The van der Waals surface area contributed by atoms with Crippen molar-refractivity contribution in [2.45, 2.75) is 108 Å². The molecular formula is C38H50N6O11. The van der Waals surface area contributed by atoms with E-state index in [4.69, 9.17) is 34.4 Å². The number of pyridine rings is 1. The third-order valence-corrected chi connectivity index (χ3v) is 10.1. The number of nitrogens with two attached hydrogens (primary N) is 1. The predicted octanol–water partition coefficient (Wildman–Crippen LogP) is 0.250. The number of aliphatic hydroxyl groups is 4. The van der Waals surface area contributed by atoms with E-state index in [-0.39, 0.29) is 6.54 Å². The molecule has 10 atom stereocenters. The predicted molar refractivity (Wildman–Crippen MR) is 198 cm³/mol. The number of ether oxygens (including phenoxy) is 5. The van der Waals surface area contributed by atoms with E-state index >= 15 is 0 Å². The number of amides is 2. The van der Waals surface area contributed by atoms with Crippen LogP contribution in [0.2, 0.25) is 0 Å². The lowest BCUT2D eigenvalue weighted by atomic mass is 9.95. The van der Waals surface area contributed by atoms with Gasteiger partial charge >= 0.3 is 0 Å². The highest BCUT2D eigenvalue weighted by Crippen LogP contribution is 2.32. The fraction of sp³-hybridized carbons (Fsp3) is 0.526. The maximum atomic E-state index is 13.7. The van der Waals surface area contributed by atoms with Gasteiger partial charge in [0.15, 0.2) is 24.5 Å². The number of nitrogen functional groups attached to an aromatic ring is 1. The molecule has 2 fully saturated rings. The van der Waals surface area contributed by atoms with Gasteiger partial charge in [-0.25, -0.2) is 9.97 Å². The van der Waals surface area contributed by atoms with E-state index in [1.807, 2.05) is 48.5 Å². The molecule has 2 aliphatic heterocycles. The van der Waals surface area contributed by atoms with Crippen molar-refractivity contribution in [1.82, 2.24) is 25.2 Å². The van der Waals surface area contributed by atoms with Gasteiger partial charge in [-0.15, -0.1) is 0 Å². The third-order valence-electron chi connectivity index (χ3n) is 10.1. The number of nitrogens with one attached hydrogen (secondary N) is 2. The molecule has 2 aliphatic rings. The van der Waals surface area contributed by atoms with Gasteiger partial charge in [-0.3, -0.25) is 9.59 Å². The van der Waals surface area contributed by atoms with Crippen LogP contribution in [0.5, 0.6) is 0 Å². The average molecular weight is 767 g/mol. The number of aromatic nitrogens is 3. The van der Waals surface area contributed by atoms with Gasteiger partial charge in [0.2, 0.25) is 5.91 Å². The minimum atomic E-state index is -1.74. The number of carbonyl (C=O) groups excluding carboxylic acids is 2. The van der Waals surface area contributed by atoms with Crippen molar-refractivity contribution in [3.05, 3.63) is 65.5 Å². The molecule has 0 radical (unpaired) electrons. The lowest BCUT2D eigenvalue weighted by Crippen LogP contribution is -2.68. The molecule has 55 heavy (non-hydrogen) atoms. The molecule has 2 aromatic carbocycles. The van der Waals surface area contributed by atoms with Crippen molar-refractivity contribution in [2.24, 2.45) is 0 Å². The molecule has 2 amide bonds. The van der Waals surface area contributed by atoms with Gasteiger partial charge in [0.25, 0.3) is 5.91 Å². The van der Waals surface area contributed by atoms with Gasteiger partial charge in [-0.2, -0.15) is 0 Å². The Labute approximate surface area is 317 Å². The van der Waals surface area contributed by atoms with Crippen LogP contribution in [0.1, 0.15) is 43.6 Å². The second kappa shape index (κ2) is 17.7. The van der Waals surface area contributed by atoms with Gasteiger partial charge in [0.1, 0.15) is 54.0 Å². The molecule has 2 aromatic heterocycles. The molecule has 298 valence electrons. The smallest absolute Gasteiger partial charge is 0.252 e. The number of hydrogen-bond acceptors (Lipinski definition) is 14. The summed E-state index contributed by atoms with van der Waals surface area (Å²) in [5.41, 5.74) is 10.5. The zero-order chi connectivity index (χ0) is 39.4. The summed E-state index contributed by atoms with van der Waals surface area (Å²) in [6.45, 7) is 3.32. The standard InChI is InChI=1S/C38H50N6O11/c1-5-6-14-25-43-26-28(22-12-7-8-13-23(22)42-35(26)39)44(25)17-21-11-9-10-20(15-21)16-40-36(50)34-33(51-3)30(48)31(49)38(55-34)54-32-27(41-19(2)46)37(52-4)53-24(18-45)29(32)47/h7-13,15,24,27,29-34,37-38,45,47-49H,5-6,14,16-18H2,1-4H3,(H2,39,42)(H,40,50)(H,41,46). The number of aliphatic hydroxyl groups excluding tert-OH is 4. The van der Waals surface area contributed by atoms with Crippen molar-refractivity contribution < 1.29 is 53.7 Å². The summed E-state index contributed by atoms with van der Waals surface area (Å²) in [5.74, 6) is 0.105. The molecule has 10 unspecified atom stereocenters. The highest BCUT2D eigenvalue weighted by molar-refractivity contribution is 6.06. The Balaban J connectivity index is 1.20. The normalized spacial score (nSPS) is 28.4. The fourth-order valence-corrected chi connectivity index (χ4v) is 7.31. The Morgan fingerprint density at radius 3 is 2.42 bits per heavy atom. The maximum Gasteiger partial charge on any atom is 0.252 e. The van der Waals surface area contributed by atoms with Crippen LogP contribution in [0, 0.1) is 0 Å². The first-order valence-electron chi connectivity index (χ1n) is 18.3. The highest BCUT2D eigenvalue weighted by Gasteiger charge is 2.53. The molecule has 8 N–H and O–H groups in total. The number of methoxy groups -OCH3 is 2. The van der Waals surface area contributed by atoms with Crippen molar-refractivity contribution in [2.75, 3.05) is 26.6 Å². The lowest BCUT2D eigenvalue weighted by molar-refractivity contribution is -0.338. The van der Waals surface area contributed by atoms with Crippen molar-refractivity contribution in [3.63, 3.8) is 0 Å². The lowest BCUT2D eigenvalue weighted by Gasteiger charge is -2.47. The minimum Gasteiger partial charge on any atom is -0.394 e. The summed E-state index contributed by atoms with van der Waals surface area (Å²) in [6.07, 6.45) is -10.4. The van der Waals surface area contributed by atoms with Crippen LogP contribution in [-0.2, 0) is 52.8 Å². The monoisotopic (exact) mass is 766 g/mol. The Kier molecular flexibility index (Phi) is 13.0. The molecule has 0 aliphatic carbocycles. The molecule has 4 heterocycles. The number of nitrogens with zero attached hydrogens (tertiary/aromatic N) is 3. The molecule has 0 bridgehead atoms. The SMILES string of the molecule is CCCCc1nc2c(N)nc3ccccc3c2n1Cc1cccc(CNC(=O)C2OC(OC3C(O)C(CO)OC(OC)C3NC(C)=O)C(O)C(O)C2OC)c1. The van der Waals surface area contributed by atoms with Gasteiger partial charge < -0.3 is 65.0 Å². The van der Waals surface area contributed by atoms with Crippen LogP contribution in [0.15, 0.2) is 48.5 Å². The van der Waals surface area contributed by atoms with E-state index in [2.05, 4.69) is 27.1 Å².